The largest absolute Gasteiger partial charge is 0.469 e. The molecule has 0 aromatic carbocycles. The van der Waals surface area contributed by atoms with Crippen LogP contribution in [0.1, 0.15) is 26.7 Å². The molecule has 68 valence electrons. The lowest BCUT2D eigenvalue weighted by atomic mass is 9.60. The Morgan fingerprint density at radius 1 is 1.42 bits per heavy atom. The van der Waals surface area contributed by atoms with E-state index in [2.05, 4.69) is 13.8 Å². The fourth-order valence-electron chi connectivity index (χ4n) is 3.02. The second kappa shape index (κ2) is 2.24. The maximum absolute atomic E-state index is 11.3. The van der Waals surface area contributed by atoms with Crippen LogP contribution in [0.4, 0.5) is 0 Å². The summed E-state index contributed by atoms with van der Waals surface area (Å²) in [4.78, 5) is 11.3. The Balaban J connectivity index is 2.11. The smallest absolute Gasteiger partial charge is 0.308 e. The van der Waals surface area contributed by atoms with Gasteiger partial charge in [-0.3, -0.25) is 4.79 Å². The average Bonchev–Trinajstić information content (AvgIpc) is 2.58. The maximum atomic E-state index is 11.3. The van der Waals surface area contributed by atoms with E-state index in [-0.39, 0.29) is 11.9 Å². The average molecular weight is 168 g/mol. The Hall–Kier alpha value is -0.530. The molecular weight excluding hydrogens is 152 g/mol. The molecule has 2 nitrogen and oxygen atoms in total. The third-order valence-electron chi connectivity index (χ3n) is 4.07. The highest BCUT2D eigenvalue weighted by Gasteiger charge is 2.60. The Morgan fingerprint density at radius 2 is 2.08 bits per heavy atom. The summed E-state index contributed by atoms with van der Waals surface area (Å²) < 4.78 is 4.79. The highest BCUT2D eigenvalue weighted by Crippen LogP contribution is 2.64. The van der Waals surface area contributed by atoms with E-state index in [0.717, 1.165) is 12.3 Å². The van der Waals surface area contributed by atoms with Crippen LogP contribution in [0.3, 0.4) is 0 Å². The van der Waals surface area contributed by atoms with Crippen molar-refractivity contribution in [1.29, 1.82) is 0 Å². The minimum absolute atomic E-state index is 0.00748. The number of rotatable bonds is 1. The highest BCUT2D eigenvalue weighted by atomic mass is 16.5. The number of carbonyl (C=O) groups is 1. The van der Waals surface area contributed by atoms with E-state index in [0.29, 0.717) is 11.3 Å². The summed E-state index contributed by atoms with van der Waals surface area (Å²) in [5.41, 5.74) is 0.402. The molecule has 3 rings (SSSR count). The first-order valence-corrected chi connectivity index (χ1v) is 4.65. The molecule has 0 heterocycles. The van der Waals surface area contributed by atoms with Gasteiger partial charge in [-0.1, -0.05) is 13.8 Å². The van der Waals surface area contributed by atoms with Gasteiger partial charge in [-0.2, -0.15) is 0 Å². The molecule has 12 heavy (non-hydrogen) atoms. The van der Waals surface area contributed by atoms with Gasteiger partial charge in [0.2, 0.25) is 0 Å². The molecule has 0 spiro atoms. The van der Waals surface area contributed by atoms with Gasteiger partial charge < -0.3 is 4.74 Å². The number of hydrogen-bond acceptors (Lipinski definition) is 2. The van der Waals surface area contributed by atoms with E-state index in [1.165, 1.54) is 13.5 Å². The van der Waals surface area contributed by atoms with Crippen molar-refractivity contribution in [3.63, 3.8) is 0 Å². The molecule has 3 fully saturated rings. The monoisotopic (exact) mass is 168 g/mol. The molecule has 3 aliphatic carbocycles. The summed E-state index contributed by atoms with van der Waals surface area (Å²) in [6.07, 6.45) is 2.30. The van der Waals surface area contributed by atoms with Gasteiger partial charge in [0.25, 0.3) is 0 Å². The molecule has 0 N–H and O–H groups in total. The fraction of sp³-hybridized carbons (Fsp3) is 0.900. The van der Waals surface area contributed by atoms with Gasteiger partial charge >= 0.3 is 5.97 Å². The Bertz CT molecular complexity index is 220. The van der Waals surface area contributed by atoms with Crippen LogP contribution in [0, 0.1) is 23.2 Å². The van der Waals surface area contributed by atoms with E-state index < -0.39 is 0 Å². The molecule has 2 heteroatoms. The van der Waals surface area contributed by atoms with E-state index in [4.69, 9.17) is 4.74 Å². The first kappa shape index (κ1) is 8.09. The number of methoxy groups -OCH3 is 1. The van der Waals surface area contributed by atoms with Crippen LogP contribution >= 0.6 is 0 Å². The van der Waals surface area contributed by atoms with E-state index in [9.17, 15) is 4.79 Å². The van der Waals surface area contributed by atoms with Gasteiger partial charge in [0, 0.05) is 0 Å². The van der Waals surface area contributed by atoms with E-state index >= 15 is 0 Å². The number of ether oxygens (including phenoxy) is 1. The van der Waals surface area contributed by atoms with Crippen LogP contribution in [0.15, 0.2) is 0 Å². The minimum Gasteiger partial charge on any atom is -0.469 e. The number of fused-ring (bicyclic) bond motifs is 1. The summed E-state index contributed by atoms with van der Waals surface area (Å²) in [7, 11) is 1.49. The maximum Gasteiger partial charge on any atom is 0.308 e. The predicted molar refractivity (Wildman–Crippen MR) is 45.5 cm³/mol. The molecule has 3 aliphatic rings. The zero-order valence-corrected chi connectivity index (χ0v) is 7.96. The topological polar surface area (TPSA) is 26.3 Å². The van der Waals surface area contributed by atoms with Gasteiger partial charge in [0.05, 0.1) is 13.0 Å². The molecule has 0 unspecified atom stereocenters. The summed E-state index contributed by atoms with van der Waals surface area (Å²) in [6.45, 7) is 4.55. The van der Waals surface area contributed by atoms with E-state index in [1.807, 2.05) is 0 Å². The molecule has 0 aliphatic heterocycles. The van der Waals surface area contributed by atoms with E-state index in [1.54, 1.807) is 0 Å². The van der Waals surface area contributed by atoms with Gasteiger partial charge in [-0.15, -0.1) is 0 Å². The van der Waals surface area contributed by atoms with Crippen LogP contribution in [0.25, 0.3) is 0 Å². The quantitative estimate of drug-likeness (QED) is 0.558. The van der Waals surface area contributed by atoms with Crippen molar-refractivity contribution in [2.75, 3.05) is 7.11 Å². The van der Waals surface area contributed by atoms with Gasteiger partial charge in [-0.05, 0) is 30.1 Å². The lowest BCUT2D eigenvalue weighted by molar-refractivity contribution is -0.147. The van der Waals surface area contributed by atoms with Crippen molar-refractivity contribution in [1.82, 2.24) is 0 Å². The van der Waals surface area contributed by atoms with Crippen LogP contribution < -0.4 is 0 Å². The van der Waals surface area contributed by atoms with Crippen molar-refractivity contribution in [3.05, 3.63) is 0 Å². The molecule has 0 amide bonds. The van der Waals surface area contributed by atoms with Crippen LogP contribution in [-0.2, 0) is 9.53 Å². The molecule has 0 aromatic heterocycles. The zero-order chi connectivity index (χ0) is 8.93. The third-order valence-corrected chi connectivity index (χ3v) is 4.07. The van der Waals surface area contributed by atoms with Crippen molar-refractivity contribution in [3.8, 4) is 0 Å². The number of carbonyl (C=O) groups excluding carboxylic acids is 1. The standard InChI is InChI=1S/C10H16O2/c1-10(2)6-4-7(8(10)5-6)9(11)12-3/h6-8H,4-5H2,1-3H3/t6-,7+,8-/m0/s1. The number of hydrogen-bond donors (Lipinski definition) is 0. The molecule has 3 saturated carbocycles. The van der Waals surface area contributed by atoms with Gasteiger partial charge in [-0.25, -0.2) is 0 Å². The molecular formula is C10H16O2. The summed E-state index contributed by atoms with van der Waals surface area (Å²) >= 11 is 0. The molecule has 0 aromatic rings. The summed E-state index contributed by atoms with van der Waals surface area (Å²) in [5, 5.41) is 0. The van der Waals surface area contributed by atoms with Crippen molar-refractivity contribution < 1.29 is 9.53 Å². The first-order chi connectivity index (χ1) is 5.57. The van der Waals surface area contributed by atoms with Crippen LogP contribution in [0.2, 0.25) is 0 Å². The highest BCUT2D eigenvalue weighted by molar-refractivity contribution is 5.74. The lowest BCUT2D eigenvalue weighted by Crippen LogP contribution is -2.39. The van der Waals surface area contributed by atoms with Crippen molar-refractivity contribution in [2.24, 2.45) is 23.2 Å². The van der Waals surface area contributed by atoms with Crippen LogP contribution in [0.5, 0.6) is 0 Å². The predicted octanol–water partition coefficient (Wildman–Crippen LogP) is 1.84. The Labute approximate surface area is 73.3 Å². The molecule has 0 radical (unpaired) electrons. The third kappa shape index (κ3) is 0.782. The number of esters is 1. The molecule has 0 saturated heterocycles. The van der Waals surface area contributed by atoms with Crippen LogP contribution in [-0.4, -0.2) is 13.1 Å². The SMILES string of the molecule is COC(=O)[C@@H]1C[C@H]2C[C@@H]1C2(C)C. The molecule has 2 bridgehead atoms. The second-order valence-electron chi connectivity index (χ2n) is 4.73. The normalized spacial score (nSPS) is 42.1. The Morgan fingerprint density at radius 3 is 2.42 bits per heavy atom. The zero-order valence-electron chi connectivity index (χ0n) is 7.96. The summed E-state index contributed by atoms with van der Waals surface area (Å²) in [5.74, 6) is 1.57. The molecule has 3 atom stereocenters. The lowest BCUT2D eigenvalue weighted by Gasteiger charge is -2.44. The summed E-state index contributed by atoms with van der Waals surface area (Å²) in [6, 6.07) is 0. The van der Waals surface area contributed by atoms with Crippen molar-refractivity contribution >= 4 is 5.97 Å². The van der Waals surface area contributed by atoms with Gasteiger partial charge in [0.15, 0.2) is 0 Å². The second-order valence-corrected chi connectivity index (χ2v) is 4.73. The minimum atomic E-state index is 0.00748. The fourth-order valence-corrected chi connectivity index (χ4v) is 3.02. The first-order valence-electron chi connectivity index (χ1n) is 4.65. The van der Waals surface area contributed by atoms with Gasteiger partial charge in [0.1, 0.15) is 0 Å². The van der Waals surface area contributed by atoms with Crippen molar-refractivity contribution in [2.45, 2.75) is 26.7 Å². The Kier molecular flexibility index (Phi) is 1.51.